The smallest absolute Gasteiger partial charge is 0.350 e. The minimum absolute atomic E-state index is 0.00187. The van der Waals surface area contributed by atoms with Gasteiger partial charge in [-0.05, 0) is 57.0 Å². The fourth-order valence-corrected chi connectivity index (χ4v) is 9.26. The molecule has 1 N–H and O–H groups in total. The SMILES string of the molecule is C#Cc1c(F)ccc2cccc(-c3nc4c5c(nc(=O)n(C[C@@]67CCCN6C[C@H](F)C7)c5c3F)N3C[C@H]5CC[C@H](N5)[C@H]3[C@H](C)O4)c12. The zero-order chi connectivity index (χ0) is 31.5. The average Bonchev–Trinajstić information content (AvgIpc) is 3.67. The Balaban J connectivity index is 1.36. The highest BCUT2D eigenvalue weighted by molar-refractivity contribution is 6.03. The number of halogens is 3. The number of piperazine rings is 1. The van der Waals surface area contributed by atoms with Crippen molar-refractivity contribution in [3.63, 3.8) is 0 Å². The average molecular weight is 627 g/mol. The highest BCUT2D eigenvalue weighted by Crippen LogP contribution is 2.46. The lowest BCUT2D eigenvalue weighted by Gasteiger charge is -2.42. The minimum Gasteiger partial charge on any atom is -0.472 e. The number of hydrogen-bond donors (Lipinski definition) is 1. The first-order valence-electron chi connectivity index (χ1n) is 16.2. The second-order valence-corrected chi connectivity index (χ2v) is 13.7. The molecule has 46 heavy (non-hydrogen) atoms. The number of pyridine rings is 1. The van der Waals surface area contributed by atoms with Gasteiger partial charge in [-0.1, -0.05) is 30.2 Å². The number of nitrogens with zero attached hydrogens (tertiary/aromatic N) is 5. The maximum Gasteiger partial charge on any atom is 0.350 e. The number of alkyl halides is 1. The van der Waals surface area contributed by atoms with Crippen molar-refractivity contribution < 1.29 is 17.9 Å². The number of ether oxygens (including phenoxy) is 1. The highest BCUT2D eigenvalue weighted by atomic mass is 19.1. The molecule has 0 unspecified atom stereocenters. The molecule has 0 amide bonds. The van der Waals surface area contributed by atoms with Gasteiger partial charge in [0.1, 0.15) is 40.5 Å². The predicted molar refractivity (Wildman–Crippen MR) is 169 cm³/mol. The van der Waals surface area contributed by atoms with Crippen molar-refractivity contribution in [2.24, 2.45) is 0 Å². The van der Waals surface area contributed by atoms with Crippen LogP contribution in [0.15, 0.2) is 35.1 Å². The second-order valence-electron chi connectivity index (χ2n) is 13.7. The van der Waals surface area contributed by atoms with Gasteiger partial charge >= 0.3 is 5.69 Å². The lowest BCUT2D eigenvalue weighted by atomic mass is 9.93. The molecule has 2 aromatic carbocycles. The Kier molecular flexibility index (Phi) is 6.07. The topological polar surface area (TPSA) is 75.5 Å². The summed E-state index contributed by atoms with van der Waals surface area (Å²) in [6, 6.07) is 8.24. The Hall–Kier alpha value is -4.14. The van der Waals surface area contributed by atoms with Crippen LogP contribution in [0.4, 0.5) is 19.0 Å². The largest absolute Gasteiger partial charge is 0.472 e. The molecule has 0 saturated carbocycles. The summed E-state index contributed by atoms with van der Waals surface area (Å²) in [5.41, 5.74) is -1.000. The van der Waals surface area contributed by atoms with E-state index in [0.29, 0.717) is 47.1 Å². The van der Waals surface area contributed by atoms with Crippen LogP contribution in [0.1, 0.15) is 44.6 Å². The fourth-order valence-electron chi connectivity index (χ4n) is 9.26. The lowest BCUT2D eigenvalue weighted by Crippen LogP contribution is -2.62. The van der Waals surface area contributed by atoms with Crippen LogP contribution in [0, 0.1) is 24.0 Å². The van der Waals surface area contributed by atoms with Crippen molar-refractivity contribution in [2.75, 3.05) is 24.5 Å². The van der Waals surface area contributed by atoms with Crippen LogP contribution in [0.25, 0.3) is 32.9 Å². The monoisotopic (exact) mass is 626 g/mol. The van der Waals surface area contributed by atoms with Crippen molar-refractivity contribution >= 4 is 27.5 Å². The molecular weight excluding hydrogens is 593 g/mol. The summed E-state index contributed by atoms with van der Waals surface area (Å²) in [4.78, 5) is 27.8. The van der Waals surface area contributed by atoms with E-state index in [1.54, 1.807) is 24.3 Å². The first-order chi connectivity index (χ1) is 22.3. The standard InChI is InChI=1S/C35H33F3N6O2/c1-3-22-24(37)10-8-19-6-4-7-23(26(19)22)29-28(38)31-27-32(41-34(45)44(31)17-35-12-5-13-42(35)15-20(36)14-35)43-16-21-9-11-25(39-21)30(43)18(2)46-33(27)40-29/h1,4,6-8,10,18,20-21,25,30,39H,5,9,11-17H2,2H3/t18-,20+,21+,25-,30+,35-/m0/s1. The van der Waals surface area contributed by atoms with Crippen LogP contribution in [0.2, 0.25) is 0 Å². The van der Waals surface area contributed by atoms with Crippen LogP contribution in [0.3, 0.4) is 0 Å². The fraction of sp³-hybridized carbons (Fsp3) is 0.457. The van der Waals surface area contributed by atoms with Crippen molar-refractivity contribution in [1.29, 1.82) is 0 Å². The van der Waals surface area contributed by atoms with Crippen LogP contribution >= 0.6 is 0 Å². The molecule has 8 nitrogen and oxygen atoms in total. The van der Waals surface area contributed by atoms with Gasteiger partial charge < -0.3 is 15.0 Å². The third-order valence-electron chi connectivity index (χ3n) is 11.1. The Morgan fingerprint density at radius 1 is 1.15 bits per heavy atom. The number of nitrogens with one attached hydrogen (secondary N) is 1. The molecule has 5 aliphatic rings. The molecule has 0 radical (unpaired) electrons. The third-order valence-corrected chi connectivity index (χ3v) is 11.1. The van der Waals surface area contributed by atoms with Crippen molar-refractivity contribution in [1.82, 2.24) is 24.8 Å². The summed E-state index contributed by atoms with van der Waals surface area (Å²) in [7, 11) is 0. The molecule has 2 aromatic heterocycles. The van der Waals surface area contributed by atoms with E-state index in [4.69, 9.17) is 16.1 Å². The zero-order valence-corrected chi connectivity index (χ0v) is 25.4. The Morgan fingerprint density at radius 3 is 2.87 bits per heavy atom. The molecule has 236 valence electrons. The number of hydrogen-bond acceptors (Lipinski definition) is 7. The number of benzene rings is 2. The van der Waals surface area contributed by atoms with Gasteiger partial charge in [0.2, 0.25) is 5.88 Å². The van der Waals surface area contributed by atoms with E-state index in [1.807, 2.05) is 6.92 Å². The molecule has 5 aliphatic heterocycles. The van der Waals surface area contributed by atoms with E-state index in [-0.39, 0.29) is 59.8 Å². The first-order valence-corrected chi connectivity index (χ1v) is 16.2. The Labute approximate surface area is 263 Å². The normalized spacial score (nSPS) is 29.9. The summed E-state index contributed by atoms with van der Waals surface area (Å²) < 4.78 is 55.4. The summed E-state index contributed by atoms with van der Waals surface area (Å²) >= 11 is 0. The molecule has 4 fully saturated rings. The maximum atomic E-state index is 17.5. The van der Waals surface area contributed by atoms with Crippen LogP contribution in [0.5, 0.6) is 5.88 Å². The van der Waals surface area contributed by atoms with Gasteiger partial charge in [-0.3, -0.25) is 9.47 Å². The van der Waals surface area contributed by atoms with Gasteiger partial charge in [0.05, 0.1) is 11.6 Å². The summed E-state index contributed by atoms with van der Waals surface area (Å²) in [5.74, 6) is 1.61. The van der Waals surface area contributed by atoms with E-state index < -0.39 is 29.0 Å². The maximum absolute atomic E-state index is 17.5. The predicted octanol–water partition coefficient (Wildman–Crippen LogP) is 4.54. The van der Waals surface area contributed by atoms with Crippen molar-refractivity contribution in [2.45, 2.75) is 81.5 Å². The zero-order valence-electron chi connectivity index (χ0n) is 25.4. The summed E-state index contributed by atoms with van der Waals surface area (Å²) in [5, 5.41) is 4.98. The van der Waals surface area contributed by atoms with Crippen molar-refractivity contribution in [3.05, 3.63) is 58.0 Å². The Bertz CT molecular complexity index is 2060. The van der Waals surface area contributed by atoms with E-state index in [2.05, 4.69) is 26.0 Å². The lowest BCUT2D eigenvalue weighted by molar-refractivity contribution is 0.155. The number of rotatable bonds is 3. The third kappa shape index (κ3) is 3.86. The first kappa shape index (κ1) is 28.1. The van der Waals surface area contributed by atoms with Crippen LogP contribution in [-0.2, 0) is 6.54 Å². The van der Waals surface area contributed by atoms with E-state index in [1.165, 1.54) is 10.6 Å². The van der Waals surface area contributed by atoms with Gasteiger partial charge in [-0.25, -0.2) is 22.9 Å². The van der Waals surface area contributed by atoms with E-state index in [9.17, 15) is 9.18 Å². The summed E-state index contributed by atoms with van der Waals surface area (Å²) in [6.45, 7) is 3.66. The van der Waals surface area contributed by atoms with E-state index in [0.717, 1.165) is 25.8 Å². The van der Waals surface area contributed by atoms with Crippen molar-refractivity contribution in [3.8, 4) is 29.5 Å². The number of aromatic nitrogens is 3. The molecule has 0 spiro atoms. The van der Waals surface area contributed by atoms with Gasteiger partial charge in [0.15, 0.2) is 5.82 Å². The Morgan fingerprint density at radius 2 is 2.02 bits per heavy atom. The van der Waals surface area contributed by atoms with Gasteiger partial charge in [0.25, 0.3) is 0 Å². The van der Waals surface area contributed by atoms with Crippen LogP contribution in [-0.4, -0.2) is 75.0 Å². The molecule has 2 bridgehead atoms. The molecule has 0 aliphatic carbocycles. The quantitative estimate of drug-likeness (QED) is 0.335. The molecule has 9 rings (SSSR count). The minimum atomic E-state index is -1.02. The number of anilines is 1. The van der Waals surface area contributed by atoms with Gasteiger partial charge in [-0.15, -0.1) is 6.42 Å². The van der Waals surface area contributed by atoms with Gasteiger partial charge in [0, 0.05) is 48.2 Å². The molecule has 11 heteroatoms. The summed E-state index contributed by atoms with van der Waals surface area (Å²) in [6.07, 6.45) is 8.14. The molecule has 4 saturated heterocycles. The molecular formula is C35H33F3N6O2. The number of fused-ring (bicyclic) bond motifs is 7. The van der Waals surface area contributed by atoms with E-state index >= 15 is 8.78 Å². The van der Waals surface area contributed by atoms with Gasteiger partial charge in [-0.2, -0.15) is 4.98 Å². The second kappa shape index (κ2) is 9.93. The highest BCUT2D eigenvalue weighted by Gasteiger charge is 2.51. The molecule has 6 atom stereocenters. The molecule has 4 aromatic rings. The number of terminal acetylenes is 1. The molecule has 7 heterocycles. The van der Waals surface area contributed by atoms with Crippen LogP contribution < -0.4 is 20.6 Å².